The summed E-state index contributed by atoms with van der Waals surface area (Å²) in [5.74, 6) is 0. The highest BCUT2D eigenvalue weighted by Crippen LogP contribution is 2.16. The van der Waals surface area contributed by atoms with Crippen molar-refractivity contribution in [2.75, 3.05) is 26.2 Å². The lowest BCUT2D eigenvalue weighted by atomic mass is 10.1. The number of hydrogen-bond donors (Lipinski definition) is 0. The van der Waals surface area contributed by atoms with Crippen LogP contribution in [-0.2, 0) is 13.1 Å². The Morgan fingerprint density at radius 3 is 1.20 bits per heavy atom. The Labute approximate surface area is 135 Å². The molecule has 2 aliphatic heterocycles. The lowest BCUT2D eigenvalue weighted by Gasteiger charge is -2.16. The summed E-state index contributed by atoms with van der Waals surface area (Å²) in [5.41, 5.74) is 2.95. The number of rotatable bonds is 4. The van der Waals surface area contributed by atoms with E-state index in [4.69, 9.17) is 0 Å². The maximum atomic E-state index is 2.56. The van der Waals surface area contributed by atoms with Crippen LogP contribution in [0.15, 0.2) is 24.3 Å². The predicted molar refractivity (Wildman–Crippen MR) is 90.0 cm³/mol. The van der Waals surface area contributed by atoms with Crippen molar-refractivity contribution in [3.63, 3.8) is 0 Å². The van der Waals surface area contributed by atoms with Gasteiger partial charge in [-0.3, -0.25) is 9.80 Å². The highest BCUT2D eigenvalue weighted by atomic mass is 35.5. The molecule has 0 spiro atoms. The fourth-order valence-corrected chi connectivity index (χ4v) is 3.15. The van der Waals surface area contributed by atoms with Gasteiger partial charge in [-0.25, -0.2) is 0 Å². The van der Waals surface area contributed by atoms with E-state index in [1.165, 1.54) is 63.0 Å². The lowest BCUT2D eigenvalue weighted by Crippen LogP contribution is -2.19. The molecule has 3 rings (SSSR count). The second-order valence-corrected chi connectivity index (χ2v) is 5.78. The van der Waals surface area contributed by atoms with Crippen LogP contribution in [0.5, 0.6) is 0 Å². The van der Waals surface area contributed by atoms with Gasteiger partial charge >= 0.3 is 0 Å². The van der Waals surface area contributed by atoms with Gasteiger partial charge in [-0.05, 0) is 63.0 Å². The van der Waals surface area contributed by atoms with E-state index < -0.39 is 0 Å². The molecule has 2 nitrogen and oxygen atoms in total. The molecule has 0 radical (unpaired) electrons. The first-order valence-corrected chi connectivity index (χ1v) is 7.43. The van der Waals surface area contributed by atoms with Crippen LogP contribution in [0.4, 0.5) is 0 Å². The van der Waals surface area contributed by atoms with Gasteiger partial charge in [0.05, 0.1) is 0 Å². The zero-order chi connectivity index (χ0) is 12.2. The summed E-state index contributed by atoms with van der Waals surface area (Å²) >= 11 is 0. The average molecular weight is 317 g/mol. The van der Waals surface area contributed by atoms with Gasteiger partial charge < -0.3 is 0 Å². The second kappa shape index (κ2) is 8.89. The molecule has 0 amide bonds. The molecule has 2 aliphatic rings. The first-order valence-electron chi connectivity index (χ1n) is 7.43. The minimum atomic E-state index is 0. The van der Waals surface area contributed by atoms with Crippen molar-refractivity contribution in [2.45, 2.75) is 38.8 Å². The summed E-state index contributed by atoms with van der Waals surface area (Å²) in [6.45, 7) is 7.43. The van der Waals surface area contributed by atoms with Crippen LogP contribution in [0.1, 0.15) is 36.8 Å². The fraction of sp³-hybridized carbons (Fsp3) is 0.625. The van der Waals surface area contributed by atoms with Gasteiger partial charge in [0.1, 0.15) is 0 Å². The van der Waals surface area contributed by atoms with Gasteiger partial charge in [-0.15, -0.1) is 24.8 Å². The van der Waals surface area contributed by atoms with Crippen LogP contribution in [0, 0.1) is 0 Å². The quantitative estimate of drug-likeness (QED) is 0.835. The summed E-state index contributed by atoms with van der Waals surface area (Å²) in [5, 5.41) is 0. The molecule has 0 unspecified atom stereocenters. The molecule has 0 bridgehead atoms. The van der Waals surface area contributed by atoms with E-state index in [-0.39, 0.29) is 24.8 Å². The summed E-state index contributed by atoms with van der Waals surface area (Å²) in [6.07, 6.45) is 5.53. The number of halogens is 2. The third kappa shape index (κ3) is 4.92. The Balaban J connectivity index is 0.000001000. The second-order valence-electron chi connectivity index (χ2n) is 5.78. The zero-order valence-corrected chi connectivity index (χ0v) is 13.7. The van der Waals surface area contributed by atoms with Crippen LogP contribution in [-0.4, -0.2) is 36.0 Å². The molecular formula is C16H26Cl2N2. The Morgan fingerprint density at radius 2 is 0.900 bits per heavy atom. The number of likely N-dealkylation sites (tertiary alicyclic amines) is 2. The minimum absolute atomic E-state index is 0. The standard InChI is InChI=1S/C16H24N2.2ClH/c1-2-10-17(9-1)13-15-5-7-16(8-6-15)14-18-11-3-4-12-18;;/h5-8H,1-4,9-14H2;2*1H. The zero-order valence-electron chi connectivity index (χ0n) is 12.1. The Kier molecular flexibility index (Phi) is 7.90. The van der Waals surface area contributed by atoms with Crippen molar-refractivity contribution < 1.29 is 0 Å². The van der Waals surface area contributed by atoms with Crippen LogP contribution in [0.3, 0.4) is 0 Å². The first-order chi connectivity index (χ1) is 8.90. The molecule has 2 heterocycles. The summed E-state index contributed by atoms with van der Waals surface area (Å²) in [4.78, 5) is 5.13. The van der Waals surface area contributed by atoms with Gasteiger partial charge in [0.2, 0.25) is 0 Å². The van der Waals surface area contributed by atoms with Gasteiger partial charge in [-0.1, -0.05) is 24.3 Å². The van der Waals surface area contributed by atoms with Crippen LogP contribution in [0.25, 0.3) is 0 Å². The Hall–Kier alpha value is -0.280. The molecule has 114 valence electrons. The van der Waals surface area contributed by atoms with Gasteiger partial charge in [0, 0.05) is 13.1 Å². The van der Waals surface area contributed by atoms with Crippen molar-refractivity contribution in [3.8, 4) is 0 Å². The third-order valence-electron chi connectivity index (χ3n) is 4.23. The van der Waals surface area contributed by atoms with Crippen molar-refractivity contribution in [1.82, 2.24) is 9.80 Å². The molecule has 20 heavy (non-hydrogen) atoms. The summed E-state index contributed by atoms with van der Waals surface area (Å²) < 4.78 is 0. The normalized spacial score (nSPS) is 19.6. The van der Waals surface area contributed by atoms with Crippen molar-refractivity contribution in [1.29, 1.82) is 0 Å². The van der Waals surface area contributed by atoms with Crippen molar-refractivity contribution >= 4 is 24.8 Å². The molecule has 1 aromatic carbocycles. The largest absolute Gasteiger partial charge is 0.299 e. The third-order valence-corrected chi connectivity index (χ3v) is 4.23. The molecule has 0 saturated carbocycles. The smallest absolute Gasteiger partial charge is 0.0233 e. The van der Waals surface area contributed by atoms with E-state index in [1.807, 2.05) is 0 Å². The number of hydrogen-bond acceptors (Lipinski definition) is 2. The SMILES string of the molecule is Cl.Cl.c1cc(CN2CCCC2)ccc1CN1CCCC1. The van der Waals surface area contributed by atoms with E-state index in [0.29, 0.717) is 0 Å². The molecule has 0 aromatic heterocycles. The average Bonchev–Trinajstić information content (AvgIpc) is 3.05. The van der Waals surface area contributed by atoms with Crippen LogP contribution >= 0.6 is 24.8 Å². The molecule has 0 atom stereocenters. The van der Waals surface area contributed by atoms with E-state index in [2.05, 4.69) is 34.1 Å². The predicted octanol–water partition coefficient (Wildman–Crippen LogP) is 3.72. The maximum absolute atomic E-state index is 2.56. The molecule has 2 fully saturated rings. The Bertz CT molecular complexity index is 332. The van der Waals surface area contributed by atoms with Gasteiger partial charge in [0.15, 0.2) is 0 Å². The Morgan fingerprint density at radius 1 is 0.600 bits per heavy atom. The molecule has 0 N–H and O–H groups in total. The van der Waals surface area contributed by atoms with E-state index >= 15 is 0 Å². The molecule has 0 aliphatic carbocycles. The number of benzene rings is 1. The van der Waals surface area contributed by atoms with Crippen LogP contribution < -0.4 is 0 Å². The highest BCUT2D eigenvalue weighted by Gasteiger charge is 2.13. The van der Waals surface area contributed by atoms with Crippen molar-refractivity contribution in [3.05, 3.63) is 35.4 Å². The van der Waals surface area contributed by atoms with E-state index in [0.717, 1.165) is 13.1 Å². The summed E-state index contributed by atoms with van der Waals surface area (Å²) in [6, 6.07) is 9.29. The maximum Gasteiger partial charge on any atom is 0.0233 e. The topological polar surface area (TPSA) is 6.48 Å². The van der Waals surface area contributed by atoms with Crippen molar-refractivity contribution in [2.24, 2.45) is 0 Å². The fourth-order valence-electron chi connectivity index (χ4n) is 3.15. The van der Waals surface area contributed by atoms with Gasteiger partial charge in [-0.2, -0.15) is 0 Å². The molecular weight excluding hydrogens is 291 g/mol. The van der Waals surface area contributed by atoms with Crippen LogP contribution in [0.2, 0.25) is 0 Å². The van der Waals surface area contributed by atoms with Gasteiger partial charge in [0.25, 0.3) is 0 Å². The molecule has 1 aromatic rings. The lowest BCUT2D eigenvalue weighted by molar-refractivity contribution is 0.328. The first kappa shape index (κ1) is 17.8. The summed E-state index contributed by atoms with van der Waals surface area (Å²) in [7, 11) is 0. The monoisotopic (exact) mass is 316 g/mol. The number of nitrogens with zero attached hydrogens (tertiary/aromatic N) is 2. The highest BCUT2D eigenvalue weighted by molar-refractivity contribution is 5.85. The van der Waals surface area contributed by atoms with E-state index in [1.54, 1.807) is 0 Å². The minimum Gasteiger partial charge on any atom is -0.299 e. The molecule has 2 saturated heterocycles. The van der Waals surface area contributed by atoms with E-state index in [9.17, 15) is 0 Å². The molecule has 4 heteroatoms.